The first-order valence-corrected chi connectivity index (χ1v) is 15.9. The van der Waals surface area contributed by atoms with Crippen LogP contribution in [0.3, 0.4) is 0 Å². The highest BCUT2D eigenvalue weighted by atomic mass is 127. The molecule has 0 aromatic rings. The van der Waals surface area contributed by atoms with Crippen molar-refractivity contribution in [2.24, 2.45) is 0 Å². The van der Waals surface area contributed by atoms with Crippen molar-refractivity contribution in [1.82, 2.24) is 0 Å². The molecule has 0 N–H and O–H groups in total. The quantitative estimate of drug-likeness (QED) is 0.325. The van der Waals surface area contributed by atoms with Gasteiger partial charge in [-0.1, -0.05) is 71.3 Å². The van der Waals surface area contributed by atoms with Crippen molar-refractivity contribution < 1.29 is 4.12 Å². The highest BCUT2D eigenvalue weighted by molar-refractivity contribution is 14.1. The molecule has 0 heterocycles. The van der Waals surface area contributed by atoms with Gasteiger partial charge in [0, 0.05) is 0 Å². The first kappa shape index (κ1) is 14.9. The Labute approximate surface area is 110 Å². The van der Waals surface area contributed by atoms with Crippen molar-refractivity contribution in [3.8, 4) is 0 Å². The van der Waals surface area contributed by atoms with Gasteiger partial charge in [-0.2, -0.15) is 0 Å². The van der Waals surface area contributed by atoms with Crippen LogP contribution < -0.4 is 0 Å². The number of halogens is 2. The van der Waals surface area contributed by atoms with E-state index in [1.54, 1.807) is 0 Å². The lowest BCUT2D eigenvalue weighted by Crippen LogP contribution is -2.42. The smallest absolute Gasteiger partial charge is 0.248 e. The van der Waals surface area contributed by atoms with Crippen LogP contribution in [0.5, 0.6) is 0 Å². The predicted octanol–water partition coefficient (Wildman–Crippen LogP) is 4.84. The van der Waals surface area contributed by atoms with Crippen molar-refractivity contribution in [2.75, 3.05) is 0 Å². The largest absolute Gasteiger partial charge is 0.440 e. The van der Waals surface area contributed by atoms with Crippen molar-refractivity contribution >= 4 is 55.2 Å². The maximum atomic E-state index is 6.47. The molecule has 5 heteroatoms. The fourth-order valence-electron chi connectivity index (χ4n) is 1.12. The van der Waals surface area contributed by atoms with Gasteiger partial charge < -0.3 is 4.12 Å². The summed E-state index contributed by atoms with van der Waals surface area (Å²) in [5, 5.41) is 0. The van der Waals surface area contributed by atoms with Gasteiger partial charge >= 0.3 is 0 Å². The Morgan fingerprint density at radius 1 is 0.769 bits per heavy atom. The maximum Gasteiger partial charge on any atom is 0.248 e. The summed E-state index contributed by atoms with van der Waals surface area (Å²) in [6.45, 7) is 9.11. The van der Waals surface area contributed by atoms with E-state index in [1.807, 2.05) is 0 Å². The van der Waals surface area contributed by atoms with Crippen LogP contribution in [0.1, 0.15) is 27.7 Å². The van der Waals surface area contributed by atoms with E-state index < -0.39 is 11.6 Å². The summed E-state index contributed by atoms with van der Waals surface area (Å²) in [6, 6.07) is 5.01. The van der Waals surface area contributed by atoms with E-state index in [1.165, 1.54) is 24.2 Å². The van der Waals surface area contributed by atoms with Crippen LogP contribution in [-0.2, 0) is 4.12 Å². The summed E-state index contributed by atoms with van der Waals surface area (Å²) in [7, 11) is 0. The van der Waals surface area contributed by atoms with Crippen LogP contribution >= 0.6 is 43.6 Å². The zero-order chi connectivity index (χ0) is 10.5. The molecule has 0 aromatic heterocycles. The molecule has 0 aliphatic carbocycles. The van der Waals surface area contributed by atoms with Crippen LogP contribution in [0.15, 0.2) is 0 Å². The van der Waals surface area contributed by atoms with E-state index in [4.69, 9.17) is 4.12 Å². The summed E-state index contributed by atoms with van der Waals surface area (Å²) >= 11 is 5.24. The molecule has 0 rings (SSSR count). The van der Waals surface area contributed by atoms with E-state index in [0.717, 1.165) is 0 Å². The van der Waals surface area contributed by atoms with Crippen LogP contribution in [0.4, 0.5) is 0 Å². The van der Waals surface area contributed by atoms with E-state index >= 15 is 0 Å². The molecule has 13 heavy (non-hydrogen) atoms. The molecular formula is C8H20I2OSi2. The molecule has 0 fully saturated rings. The summed E-state index contributed by atoms with van der Waals surface area (Å²) < 4.78 is 6.47. The Morgan fingerprint density at radius 2 is 1.00 bits per heavy atom. The van der Waals surface area contributed by atoms with E-state index in [9.17, 15) is 0 Å². The second-order valence-electron chi connectivity index (χ2n) is 3.28. The summed E-state index contributed by atoms with van der Waals surface area (Å²) in [5.41, 5.74) is 0. The van der Waals surface area contributed by atoms with Crippen molar-refractivity contribution in [1.29, 1.82) is 0 Å². The fourth-order valence-corrected chi connectivity index (χ4v) is 18.4. The molecule has 0 aliphatic rings. The number of rotatable bonds is 6. The van der Waals surface area contributed by atoms with Gasteiger partial charge in [0.05, 0.1) is 0 Å². The van der Waals surface area contributed by atoms with Crippen molar-refractivity contribution in [3.63, 3.8) is 0 Å². The zero-order valence-electron chi connectivity index (χ0n) is 8.99. The monoisotopic (exact) mass is 442 g/mol. The molecule has 0 radical (unpaired) electrons. The molecule has 0 saturated carbocycles. The first-order valence-electron chi connectivity index (χ1n) is 5.03. The SMILES string of the molecule is CC[Si](I)(CC)O[Si](I)(CC)CC. The van der Waals surface area contributed by atoms with Gasteiger partial charge in [0.25, 0.3) is 0 Å². The molecule has 0 bridgehead atoms. The van der Waals surface area contributed by atoms with Crippen LogP contribution in [0.25, 0.3) is 0 Å². The molecule has 0 spiro atoms. The van der Waals surface area contributed by atoms with E-state index in [0.29, 0.717) is 0 Å². The first-order chi connectivity index (χ1) is 5.95. The standard InChI is InChI=1S/C8H20I2OSi2/c1-5-12(9,6-2)11-13(10,7-3)8-4/h5-8H2,1-4H3. The second-order valence-corrected chi connectivity index (χ2v) is 22.3. The van der Waals surface area contributed by atoms with Gasteiger partial charge in [-0.3, -0.25) is 0 Å². The predicted molar refractivity (Wildman–Crippen MR) is 82.6 cm³/mol. The Hall–Kier alpha value is 1.85. The maximum absolute atomic E-state index is 6.47. The lowest BCUT2D eigenvalue weighted by Gasteiger charge is -2.33. The minimum atomic E-state index is -1.35. The highest BCUT2D eigenvalue weighted by Gasteiger charge is 2.38. The van der Waals surface area contributed by atoms with Crippen LogP contribution in [-0.4, -0.2) is 11.6 Å². The second kappa shape index (κ2) is 6.44. The van der Waals surface area contributed by atoms with Crippen LogP contribution in [0.2, 0.25) is 24.2 Å². The third-order valence-electron chi connectivity index (χ3n) is 2.48. The topological polar surface area (TPSA) is 9.23 Å². The molecule has 0 saturated heterocycles. The fraction of sp³-hybridized carbons (Fsp3) is 1.00. The summed E-state index contributed by atoms with van der Waals surface area (Å²) in [6.07, 6.45) is 0. The summed E-state index contributed by atoms with van der Waals surface area (Å²) in [4.78, 5) is 0. The van der Waals surface area contributed by atoms with Gasteiger partial charge in [0.2, 0.25) is 11.6 Å². The minimum absolute atomic E-state index is 1.25. The van der Waals surface area contributed by atoms with Gasteiger partial charge in [-0.25, -0.2) is 0 Å². The average Bonchev–Trinajstić information content (AvgIpc) is 2.17. The van der Waals surface area contributed by atoms with Gasteiger partial charge in [-0.05, 0) is 24.2 Å². The Kier molecular flexibility index (Phi) is 7.36. The lowest BCUT2D eigenvalue weighted by molar-refractivity contribution is 0.569. The Balaban J connectivity index is 4.36. The molecule has 1 nitrogen and oxygen atoms in total. The van der Waals surface area contributed by atoms with Crippen molar-refractivity contribution in [2.45, 2.75) is 51.9 Å². The molecule has 0 amide bonds. The average molecular weight is 442 g/mol. The number of hydrogen-bond acceptors (Lipinski definition) is 1. The van der Waals surface area contributed by atoms with Crippen molar-refractivity contribution in [3.05, 3.63) is 0 Å². The molecule has 80 valence electrons. The summed E-state index contributed by atoms with van der Waals surface area (Å²) in [5.74, 6) is -2.70. The van der Waals surface area contributed by atoms with Gasteiger partial charge in [0.15, 0.2) is 0 Å². The molecule has 0 aliphatic heterocycles. The van der Waals surface area contributed by atoms with E-state index in [-0.39, 0.29) is 0 Å². The molecule has 0 aromatic carbocycles. The minimum Gasteiger partial charge on any atom is -0.440 e. The molecular weight excluding hydrogens is 422 g/mol. The highest BCUT2D eigenvalue weighted by Crippen LogP contribution is 2.35. The lowest BCUT2D eigenvalue weighted by atomic mass is 10.9. The molecule has 0 unspecified atom stereocenters. The van der Waals surface area contributed by atoms with Crippen LogP contribution in [0, 0.1) is 0 Å². The third-order valence-corrected chi connectivity index (χ3v) is 22.7. The van der Waals surface area contributed by atoms with Gasteiger partial charge in [0.1, 0.15) is 0 Å². The molecule has 0 atom stereocenters. The zero-order valence-corrected chi connectivity index (χ0v) is 15.3. The van der Waals surface area contributed by atoms with E-state index in [2.05, 4.69) is 71.3 Å². The normalized spacial score (nSPS) is 13.4. The third kappa shape index (κ3) is 4.94. The number of hydrogen-bond donors (Lipinski definition) is 0. The van der Waals surface area contributed by atoms with Gasteiger partial charge in [-0.15, -0.1) is 0 Å². The Morgan fingerprint density at radius 3 is 1.15 bits per heavy atom. The Bertz CT molecular complexity index is 131.